The number of ether oxygens (including phenoxy) is 1. The zero-order valence-corrected chi connectivity index (χ0v) is 7.93. The second-order valence-electron chi connectivity index (χ2n) is 2.75. The van der Waals surface area contributed by atoms with Gasteiger partial charge >= 0.3 is 0 Å². The first-order valence-electron chi connectivity index (χ1n) is 4.25. The van der Waals surface area contributed by atoms with Gasteiger partial charge in [-0.15, -0.1) is 0 Å². The van der Waals surface area contributed by atoms with Crippen LogP contribution in [0.1, 0.15) is 18.6 Å². The molecule has 1 aromatic carbocycles. The van der Waals surface area contributed by atoms with Crippen molar-refractivity contribution in [3.63, 3.8) is 0 Å². The van der Waals surface area contributed by atoms with Gasteiger partial charge in [0, 0.05) is 18.2 Å². The second-order valence-corrected chi connectivity index (χ2v) is 2.75. The quantitative estimate of drug-likeness (QED) is 0.726. The van der Waals surface area contributed by atoms with Crippen LogP contribution in [-0.4, -0.2) is 6.61 Å². The van der Waals surface area contributed by atoms with E-state index in [9.17, 15) is 13.2 Å². The fourth-order valence-corrected chi connectivity index (χ4v) is 1.10. The molecule has 0 aliphatic rings. The first-order valence-corrected chi connectivity index (χ1v) is 4.25. The molecule has 1 unspecified atom stereocenters. The Labute approximate surface area is 84.9 Å². The Hall–Kier alpha value is -1.54. The van der Waals surface area contributed by atoms with E-state index >= 15 is 0 Å². The predicted octanol–water partition coefficient (Wildman–Crippen LogP) is 2.71. The lowest BCUT2D eigenvalue weighted by atomic mass is 10.1. The Morgan fingerprint density at radius 1 is 1.27 bits per heavy atom. The number of nitrogens with zero attached hydrogens (tertiary/aromatic N) is 1. The minimum Gasteiger partial charge on any atom is -0.359 e. The van der Waals surface area contributed by atoms with E-state index in [1.807, 2.05) is 0 Å². The van der Waals surface area contributed by atoms with Gasteiger partial charge in [0.15, 0.2) is 17.7 Å². The Bertz CT molecular complexity index is 400. The summed E-state index contributed by atoms with van der Waals surface area (Å²) in [7, 11) is 0. The highest BCUT2D eigenvalue weighted by molar-refractivity contribution is 5.26. The zero-order valence-electron chi connectivity index (χ0n) is 7.93. The molecule has 5 heteroatoms. The number of hydrogen-bond donors (Lipinski definition) is 0. The SMILES string of the molecule is CCOC(C#N)c1cc(F)c(F)cc1F. The van der Waals surface area contributed by atoms with Gasteiger partial charge in [0.25, 0.3) is 0 Å². The molecule has 0 N–H and O–H groups in total. The lowest BCUT2D eigenvalue weighted by molar-refractivity contribution is 0.0989. The molecule has 1 aromatic rings. The van der Waals surface area contributed by atoms with E-state index in [4.69, 9.17) is 10.00 Å². The van der Waals surface area contributed by atoms with E-state index in [0.717, 1.165) is 0 Å². The normalized spacial score (nSPS) is 12.2. The van der Waals surface area contributed by atoms with Gasteiger partial charge in [0.1, 0.15) is 5.82 Å². The van der Waals surface area contributed by atoms with Crippen molar-refractivity contribution in [3.05, 3.63) is 35.1 Å². The largest absolute Gasteiger partial charge is 0.359 e. The number of benzene rings is 1. The third-order valence-electron chi connectivity index (χ3n) is 1.77. The molecule has 0 amide bonds. The van der Waals surface area contributed by atoms with E-state index < -0.39 is 23.6 Å². The molecule has 15 heavy (non-hydrogen) atoms. The predicted molar refractivity (Wildman–Crippen MR) is 46.3 cm³/mol. The summed E-state index contributed by atoms with van der Waals surface area (Å²) < 4.78 is 43.4. The molecule has 0 saturated carbocycles. The third-order valence-corrected chi connectivity index (χ3v) is 1.77. The van der Waals surface area contributed by atoms with Crippen LogP contribution in [0.2, 0.25) is 0 Å². The van der Waals surface area contributed by atoms with Gasteiger partial charge in [-0.25, -0.2) is 13.2 Å². The molecule has 0 aromatic heterocycles. The van der Waals surface area contributed by atoms with Crippen LogP contribution in [0.25, 0.3) is 0 Å². The molecule has 0 spiro atoms. The highest BCUT2D eigenvalue weighted by Gasteiger charge is 2.18. The fraction of sp³-hybridized carbons (Fsp3) is 0.300. The van der Waals surface area contributed by atoms with Gasteiger partial charge < -0.3 is 4.74 Å². The van der Waals surface area contributed by atoms with E-state index in [-0.39, 0.29) is 12.2 Å². The highest BCUT2D eigenvalue weighted by atomic mass is 19.2. The molecular weight excluding hydrogens is 207 g/mol. The summed E-state index contributed by atoms with van der Waals surface area (Å²) in [4.78, 5) is 0. The lowest BCUT2D eigenvalue weighted by Crippen LogP contribution is -2.05. The molecule has 0 bridgehead atoms. The first kappa shape index (κ1) is 11.5. The molecule has 0 saturated heterocycles. The van der Waals surface area contributed by atoms with Crippen LogP contribution in [0.5, 0.6) is 0 Å². The van der Waals surface area contributed by atoms with Gasteiger partial charge in [-0.05, 0) is 13.0 Å². The summed E-state index contributed by atoms with van der Waals surface area (Å²) in [6, 6.07) is 2.69. The molecule has 0 radical (unpaired) electrons. The molecule has 1 atom stereocenters. The maximum atomic E-state index is 13.2. The van der Waals surface area contributed by atoms with E-state index in [1.54, 1.807) is 13.0 Å². The van der Waals surface area contributed by atoms with Gasteiger partial charge in [-0.2, -0.15) is 5.26 Å². The maximum absolute atomic E-state index is 13.2. The van der Waals surface area contributed by atoms with Crippen molar-refractivity contribution in [1.29, 1.82) is 5.26 Å². The standard InChI is InChI=1S/C10H8F3NO/c1-2-15-10(5-14)6-3-8(12)9(13)4-7(6)11/h3-4,10H,2H2,1H3. The lowest BCUT2D eigenvalue weighted by Gasteiger charge is -2.10. The van der Waals surface area contributed by atoms with Gasteiger partial charge in [0.05, 0.1) is 6.07 Å². The van der Waals surface area contributed by atoms with Crippen molar-refractivity contribution in [1.82, 2.24) is 0 Å². The Kier molecular flexibility index (Phi) is 3.69. The van der Waals surface area contributed by atoms with Crippen molar-refractivity contribution in [2.75, 3.05) is 6.61 Å². The zero-order chi connectivity index (χ0) is 11.4. The number of hydrogen-bond acceptors (Lipinski definition) is 2. The molecule has 80 valence electrons. The fourth-order valence-electron chi connectivity index (χ4n) is 1.10. The summed E-state index contributed by atoms with van der Waals surface area (Å²) >= 11 is 0. The maximum Gasteiger partial charge on any atom is 0.171 e. The number of nitriles is 1. The van der Waals surface area contributed by atoms with Gasteiger partial charge in [-0.1, -0.05) is 0 Å². The van der Waals surface area contributed by atoms with Crippen LogP contribution in [-0.2, 0) is 4.74 Å². The molecule has 0 heterocycles. The highest BCUT2D eigenvalue weighted by Crippen LogP contribution is 2.22. The van der Waals surface area contributed by atoms with Gasteiger partial charge in [-0.3, -0.25) is 0 Å². The first-order chi connectivity index (χ1) is 7.10. The summed E-state index contributed by atoms with van der Waals surface area (Å²) in [6.45, 7) is 1.79. The summed E-state index contributed by atoms with van der Waals surface area (Å²) in [6.07, 6.45) is -1.22. The minimum atomic E-state index is -1.29. The van der Waals surface area contributed by atoms with Crippen LogP contribution in [0.4, 0.5) is 13.2 Å². The minimum absolute atomic E-state index is 0.177. The van der Waals surface area contributed by atoms with Crippen molar-refractivity contribution < 1.29 is 17.9 Å². The average molecular weight is 215 g/mol. The second kappa shape index (κ2) is 4.80. The number of halogens is 3. The summed E-state index contributed by atoms with van der Waals surface area (Å²) in [5, 5.41) is 8.64. The molecule has 1 rings (SSSR count). The Morgan fingerprint density at radius 2 is 1.87 bits per heavy atom. The molecule has 0 fully saturated rings. The smallest absolute Gasteiger partial charge is 0.171 e. The Balaban J connectivity index is 3.13. The molecule has 0 aliphatic carbocycles. The van der Waals surface area contributed by atoms with Crippen LogP contribution >= 0.6 is 0 Å². The van der Waals surface area contributed by atoms with Crippen LogP contribution < -0.4 is 0 Å². The Morgan fingerprint density at radius 3 is 2.40 bits per heavy atom. The molecule has 0 aliphatic heterocycles. The average Bonchev–Trinajstić information content (AvgIpc) is 2.20. The van der Waals surface area contributed by atoms with Crippen molar-refractivity contribution in [3.8, 4) is 6.07 Å². The van der Waals surface area contributed by atoms with E-state index in [0.29, 0.717) is 12.1 Å². The van der Waals surface area contributed by atoms with E-state index in [2.05, 4.69) is 0 Å². The van der Waals surface area contributed by atoms with Crippen LogP contribution in [0, 0.1) is 28.8 Å². The monoisotopic (exact) mass is 215 g/mol. The summed E-state index contributed by atoms with van der Waals surface area (Å²) in [5.41, 5.74) is -0.293. The van der Waals surface area contributed by atoms with Crippen molar-refractivity contribution in [2.24, 2.45) is 0 Å². The van der Waals surface area contributed by atoms with Crippen LogP contribution in [0.3, 0.4) is 0 Å². The third kappa shape index (κ3) is 2.48. The van der Waals surface area contributed by atoms with Gasteiger partial charge in [0.2, 0.25) is 0 Å². The molecular formula is C10H8F3NO. The van der Waals surface area contributed by atoms with Crippen molar-refractivity contribution in [2.45, 2.75) is 13.0 Å². The van der Waals surface area contributed by atoms with Crippen LogP contribution in [0.15, 0.2) is 12.1 Å². The number of rotatable bonds is 3. The molecule has 2 nitrogen and oxygen atoms in total. The van der Waals surface area contributed by atoms with Crippen molar-refractivity contribution >= 4 is 0 Å². The van der Waals surface area contributed by atoms with E-state index in [1.165, 1.54) is 0 Å². The topological polar surface area (TPSA) is 33.0 Å². The summed E-state index contributed by atoms with van der Waals surface area (Å²) in [5.74, 6) is -3.48.